The molecule has 5 rings (SSSR count). The van der Waals surface area contributed by atoms with Gasteiger partial charge in [-0.3, -0.25) is 0 Å². The van der Waals surface area contributed by atoms with Gasteiger partial charge in [0.2, 0.25) is 10.0 Å². The topological polar surface area (TPSA) is 104 Å². The van der Waals surface area contributed by atoms with Crippen LogP contribution in [0.25, 0.3) is 22.4 Å². The maximum Gasteiger partial charge on any atom is 0.211 e. The summed E-state index contributed by atoms with van der Waals surface area (Å²) in [6, 6.07) is 6.13. The zero-order valence-corrected chi connectivity index (χ0v) is 18.5. The molecule has 2 aliphatic rings. The molecule has 0 saturated carbocycles. The number of anilines is 1. The highest BCUT2D eigenvalue weighted by molar-refractivity contribution is 7.88. The van der Waals surface area contributed by atoms with E-state index in [1.54, 1.807) is 6.20 Å². The molecule has 2 fully saturated rings. The second-order valence-electron chi connectivity index (χ2n) is 8.30. The summed E-state index contributed by atoms with van der Waals surface area (Å²) in [7, 11) is -3.22. The molecule has 2 atom stereocenters. The average molecular weight is 443 g/mol. The Balaban J connectivity index is 1.60. The highest BCUT2D eigenvalue weighted by Crippen LogP contribution is 2.33. The summed E-state index contributed by atoms with van der Waals surface area (Å²) in [4.78, 5) is 19.6. The van der Waals surface area contributed by atoms with Crippen molar-refractivity contribution in [3.63, 3.8) is 0 Å². The Hall–Kier alpha value is -2.56. The molecule has 5 heterocycles. The fourth-order valence-corrected chi connectivity index (χ4v) is 5.31. The molecule has 0 bridgehead atoms. The Morgan fingerprint density at radius 2 is 2.10 bits per heavy atom. The highest BCUT2D eigenvalue weighted by atomic mass is 32.2. The minimum Gasteiger partial charge on any atom is -0.377 e. The summed E-state index contributed by atoms with van der Waals surface area (Å²) >= 11 is 0. The van der Waals surface area contributed by atoms with E-state index in [1.165, 1.54) is 10.6 Å². The van der Waals surface area contributed by atoms with Crippen LogP contribution < -0.4 is 4.90 Å². The van der Waals surface area contributed by atoms with Crippen molar-refractivity contribution in [1.82, 2.24) is 24.2 Å². The monoisotopic (exact) mass is 442 g/mol. The fraction of sp³-hybridized carbons (Fsp3) is 0.476. The van der Waals surface area contributed by atoms with Crippen molar-refractivity contribution in [1.29, 1.82) is 0 Å². The van der Waals surface area contributed by atoms with E-state index in [-0.39, 0.29) is 12.0 Å². The van der Waals surface area contributed by atoms with Crippen molar-refractivity contribution in [2.75, 3.05) is 44.0 Å². The molecule has 164 valence electrons. The van der Waals surface area contributed by atoms with Crippen LogP contribution >= 0.6 is 0 Å². The number of aromatic nitrogens is 4. The van der Waals surface area contributed by atoms with Gasteiger partial charge in [-0.05, 0) is 25.5 Å². The largest absolute Gasteiger partial charge is 0.377 e. The zero-order chi connectivity index (χ0) is 21.6. The van der Waals surface area contributed by atoms with Crippen molar-refractivity contribution in [2.24, 2.45) is 0 Å². The lowest BCUT2D eigenvalue weighted by molar-refractivity contribution is 0.0985. The lowest BCUT2D eigenvalue weighted by Gasteiger charge is -2.34. The quantitative estimate of drug-likeness (QED) is 0.659. The van der Waals surface area contributed by atoms with Crippen LogP contribution in [0.15, 0.2) is 30.6 Å². The molecule has 1 N–H and O–H groups in total. The number of sulfonamides is 1. The Morgan fingerprint density at radius 3 is 2.87 bits per heavy atom. The first kappa shape index (κ1) is 20.3. The Bertz CT molecular complexity index is 1210. The molecule has 9 nitrogen and oxygen atoms in total. The number of hydrogen-bond donors (Lipinski definition) is 1. The van der Waals surface area contributed by atoms with Crippen LogP contribution in [0.5, 0.6) is 0 Å². The van der Waals surface area contributed by atoms with Gasteiger partial charge in [0.25, 0.3) is 0 Å². The Morgan fingerprint density at radius 1 is 1.23 bits per heavy atom. The third kappa shape index (κ3) is 3.90. The van der Waals surface area contributed by atoms with Crippen LogP contribution in [0.3, 0.4) is 0 Å². The van der Waals surface area contributed by atoms with Crippen molar-refractivity contribution in [2.45, 2.75) is 25.3 Å². The van der Waals surface area contributed by atoms with E-state index in [1.807, 2.05) is 24.4 Å². The molecule has 3 aromatic rings. The van der Waals surface area contributed by atoms with Gasteiger partial charge in [0.05, 0.1) is 31.2 Å². The predicted molar refractivity (Wildman–Crippen MR) is 119 cm³/mol. The van der Waals surface area contributed by atoms with Crippen LogP contribution in [-0.4, -0.2) is 77.8 Å². The standard InChI is InChI=1S/C21H26N6O3S/c1-14-13-30-10-9-27(14)19-11-18(15-5-8-26(12-15)31(2,28)29)24-21(25-19)17-4-7-23-20-16(17)3-6-22-20/h3-4,6-7,11,14-15H,5,8-10,12-13H2,1-2H3,(H,22,23)/t14-,15-/m1/s1. The lowest BCUT2D eigenvalue weighted by Crippen LogP contribution is -2.44. The first-order valence-electron chi connectivity index (χ1n) is 10.5. The van der Waals surface area contributed by atoms with Crippen LogP contribution in [-0.2, 0) is 14.8 Å². The van der Waals surface area contributed by atoms with Gasteiger partial charge in [0, 0.05) is 55.0 Å². The number of nitrogens with zero attached hydrogens (tertiary/aromatic N) is 5. The van der Waals surface area contributed by atoms with Gasteiger partial charge in [-0.25, -0.2) is 27.7 Å². The molecule has 31 heavy (non-hydrogen) atoms. The van der Waals surface area contributed by atoms with E-state index in [9.17, 15) is 8.42 Å². The Labute approximate surface area is 181 Å². The van der Waals surface area contributed by atoms with Crippen molar-refractivity contribution in [3.05, 3.63) is 36.3 Å². The van der Waals surface area contributed by atoms with Gasteiger partial charge in [0.15, 0.2) is 5.82 Å². The van der Waals surface area contributed by atoms with Crippen LogP contribution in [0.4, 0.5) is 5.82 Å². The van der Waals surface area contributed by atoms with Crippen LogP contribution in [0.1, 0.15) is 25.0 Å². The molecule has 10 heteroatoms. The molecule has 3 aromatic heterocycles. The maximum absolute atomic E-state index is 12.0. The molecular formula is C21H26N6O3S. The second-order valence-corrected chi connectivity index (χ2v) is 10.3. The number of H-pyrrole nitrogens is 1. The first-order chi connectivity index (χ1) is 14.9. The summed E-state index contributed by atoms with van der Waals surface area (Å²) < 4.78 is 31.2. The number of fused-ring (bicyclic) bond motifs is 1. The molecule has 0 aliphatic carbocycles. The summed E-state index contributed by atoms with van der Waals surface area (Å²) in [5, 5.41) is 0.963. The number of pyridine rings is 1. The molecule has 2 aliphatic heterocycles. The SMILES string of the molecule is C[C@@H]1COCCN1c1cc([C@@H]2CCN(S(C)(=O)=O)C2)nc(-c2ccnc3[nH]ccc23)n1. The molecule has 0 aromatic carbocycles. The number of rotatable bonds is 4. The number of nitrogens with one attached hydrogen (secondary N) is 1. The average Bonchev–Trinajstić information content (AvgIpc) is 3.43. The van der Waals surface area contributed by atoms with E-state index in [0.29, 0.717) is 32.1 Å². The molecule has 0 radical (unpaired) electrons. The van der Waals surface area contributed by atoms with Crippen LogP contribution in [0, 0.1) is 0 Å². The summed E-state index contributed by atoms with van der Waals surface area (Å²) in [5.41, 5.74) is 2.58. The van der Waals surface area contributed by atoms with Gasteiger partial charge in [-0.15, -0.1) is 0 Å². The van der Waals surface area contributed by atoms with E-state index < -0.39 is 10.0 Å². The van der Waals surface area contributed by atoms with E-state index in [2.05, 4.69) is 21.8 Å². The normalized spacial score (nSPS) is 23.0. The number of hydrogen-bond acceptors (Lipinski definition) is 7. The van der Waals surface area contributed by atoms with E-state index >= 15 is 0 Å². The van der Waals surface area contributed by atoms with Gasteiger partial charge >= 0.3 is 0 Å². The molecule has 0 amide bonds. The second kappa shape index (κ2) is 7.85. The van der Waals surface area contributed by atoms with E-state index in [4.69, 9.17) is 14.7 Å². The fourth-order valence-electron chi connectivity index (χ4n) is 4.42. The van der Waals surface area contributed by atoms with Crippen molar-refractivity contribution >= 4 is 26.9 Å². The molecule has 2 saturated heterocycles. The van der Waals surface area contributed by atoms with Gasteiger partial charge in [0.1, 0.15) is 11.5 Å². The van der Waals surface area contributed by atoms with Crippen molar-refractivity contribution < 1.29 is 13.2 Å². The third-order valence-electron chi connectivity index (χ3n) is 6.13. The van der Waals surface area contributed by atoms with Gasteiger partial charge < -0.3 is 14.6 Å². The predicted octanol–water partition coefficient (Wildman–Crippen LogP) is 1.99. The first-order valence-corrected chi connectivity index (χ1v) is 12.4. The van der Waals surface area contributed by atoms with E-state index in [0.717, 1.165) is 41.1 Å². The van der Waals surface area contributed by atoms with Crippen molar-refractivity contribution in [3.8, 4) is 11.4 Å². The van der Waals surface area contributed by atoms with Gasteiger partial charge in [-0.1, -0.05) is 0 Å². The third-order valence-corrected chi connectivity index (χ3v) is 7.40. The smallest absolute Gasteiger partial charge is 0.211 e. The highest BCUT2D eigenvalue weighted by Gasteiger charge is 2.32. The minimum atomic E-state index is -3.22. The molecule has 0 unspecified atom stereocenters. The zero-order valence-electron chi connectivity index (χ0n) is 17.7. The maximum atomic E-state index is 12.0. The summed E-state index contributed by atoms with van der Waals surface area (Å²) in [5.74, 6) is 1.53. The number of morpholine rings is 1. The molecule has 0 spiro atoms. The minimum absolute atomic E-state index is 0.0372. The number of aromatic amines is 1. The Kier molecular flexibility index (Phi) is 5.15. The van der Waals surface area contributed by atoms with Crippen LogP contribution in [0.2, 0.25) is 0 Å². The molecular weight excluding hydrogens is 416 g/mol. The summed E-state index contributed by atoms with van der Waals surface area (Å²) in [6.07, 6.45) is 5.62. The lowest BCUT2D eigenvalue weighted by atomic mass is 10.0. The summed E-state index contributed by atoms with van der Waals surface area (Å²) in [6.45, 7) is 5.15. The van der Waals surface area contributed by atoms with Gasteiger partial charge in [-0.2, -0.15) is 0 Å². The number of ether oxygens (including phenoxy) is 1.